The van der Waals surface area contributed by atoms with Gasteiger partial charge in [-0.25, -0.2) is 4.98 Å². The van der Waals surface area contributed by atoms with Gasteiger partial charge in [-0.15, -0.1) is 11.3 Å². The number of aryl methyl sites for hydroxylation is 2. The molecule has 1 N–H and O–H groups in total. The highest BCUT2D eigenvalue weighted by molar-refractivity contribution is 7.15. The first-order valence-corrected chi connectivity index (χ1v) is 7.46. The number of rotatable bonds is 5. The first-order valence-electron chi connectivity index (χ1n) is 6.64. The van der Waals surface area contributed by atoms with E-state index < -0.39 is 0 Å². The Morgan fingerprint density at radius 3 is 3.22 bits per heavy atom. The van der Waals surface area contributed by atoms with Crippen LogP contribution in [0.3, 0.4) is 0 Å². The van der Waals surface area contributed by atoms with Crippen LogP contribution in [0.15, 0.2) is 16.7 Å². The van der Waals surface area contributed by atoms with Crippen molar-refractivity contribution in [2.45, 2.75) is 39.2 Å². The molecule has 1 aliphatic rings. The molecule has 18 heavy (non-hydrogen) atoms. The van der Waals surface area contributed by atoms with E-state index in [0.717, 1.165) is 31.2 Å². The Morgan fingerprint density at radius 1 is 1.44 bits per heavy atom. The molecule has 2 aromatic heterocycles. The summed E-state index contributed by atoms with van der Waals surface area (Å²) in [6, 6.07) is 2.27. The maximum Gasteiger partial charge on any atom is 0.208 e. The number of nitrogens with one attached hydrogen (secondary N) is 1. The monoisotopic (exact) mass is 262 g/mol. The first kappa shape index (κ1) is 11.9. The van der Waals surface area contributed by atoms with Gasteiger partial charge < -0.3 is 9.73 Å². The van der Waals surface area contributed by atoms with E-state index in [2.05, 4.69) is 23.3 Å². The summed E-state index contributed by atoms with van der Waals surface area (Å²) in [5.74, 6) is 1.70. The summed E-state index contributed by atoms with van der Waals surface area (Å²) in [7, 11) is 0. The number of thiophene rings is 1. The third-order valence-electron chi connectivity index (χ3n) is 3.25. The van der Waals surface area contributed by atoms with Gasteiger partial charge in [0.05, 0.1) is 17.6 Å². The topological polar surface area (TPSA) is 38.1 Å². The van der Waals surface area contributed by atoms with Crippen molar-refractivity contribution in [3.05, 3.63) is 28.6 Å². The number of nitrogens with zero attached hydrogens (tertiary/aromatic N) is 1. The first-order chi connectivity index (χ1) is 8.86. The molecule has 0 aromatic carbocycles. The van der Waals surface area contributed by atoms with Gasteiger partial charge in [-0.05, 0) is 43.9 Å². The van der Waals surface area contributed by atoms with Crippen LogP contribution < -0.4 is 5.32 Å². The summed E-state index contributed by atoms with van der Waals surface area (Å²) in [5, 5.41) is 3.30. The minimum atomic E-state index is 0.721. The van der Waals surface area contributed by atoms with Gasteiger partial charge in [0.25, 0.3) is 0 Å². The number of aromatic nitrogens is 1. The van der Waals surface area contributed by atoms with Gasteiger partial charge in [0.1, 0.15) is 0 Å². The van der Waals surface area contributed by atoms with Crippen LogP contribution in [0.25, 0.3) is 10.6 Å². The molecule has 0 aliphatic heterocycles. The van der Waals surface area contributed by atoms with E-state index >= 15 is 0 Å². The predicted octanol–water partition coefficient (Wildman–Crippen LogP) is 3.39. The molecule has 0 bridgehead atoms. The van der Waals surface area contributed by atoms with E-state index in [1.165, 1.54) is 34.6 Å². The van der Waals surface area contributed by atoms with Crippen molar-refractivity contribution < 1.29 is 4.42 Å². The van der Waals surface area contributed by atoms with Crippen LogP contribution in [0.1, 0.15) is 36.1 Å². The fourth-order valence-corrected chi connectivity index (χ4v) is 3.53. The van der Waals surface area contributed by atoms with Gasteiger partial charge in [0.2, 0.25) is 5.89 Å². The van der Waals surface area contributed by atoms with Crippen molar-refractivity contribution in [3.8, 4) is 10.6 Å². The Bertz CT molecular complexity index is 508. The fourth-order valence-electron chi connectivity index (χ4n) is 2.33. The molecule has 4 heteroatoms. The lowest BCUT2D eigenvalue weighted by molar-refractivity contribution is 0.478. The molecule has 96 valence electrons. The number of hydrogen-bond acceptors (Lipinski definition) is 4. The van der Waals surface area contributed by atoms with Crippen LogP contribution in [0.4, 0.5) is 0 Å². The molecular formula is C14H18N2OS. The van der Waals surface area contributed by atoms with Crippen molar-refractivity contribution in [2.24, 2.45) is 0 Å². The number of oxazole rings is 1. The fraction of sp³-hybridized carbons (Fsp3) is 0.500. The summed E-state index contributed by atoms with van der Waals surface area (Å²) in [5.41, 5.74) is 1.51. The molecule has 0 saturated heterocycles. The van der Waals surface area contributed by atoms with E-state index in [1.54, 1.807) is 0 Å². The van der Waals surface area contributed by atoms with Crippen molar-refractivity contribution in [1.82, 2.24) is 10.3 Å². The third-order valence-corrected chi connectivity index (χ3v) is 4.50. The maximum absolute atomic E-state index is 5.79. The molecule has 2 aromatic rings. The molecule has 0 radical (unpaired) electrons. The van der Waals surface area contributed by atoms with Gasteiger partial charge in [0.15, 0.2) is 5.76 Å². The third kappa shape index (κ3) is 2.35. The summed E-state index contributed by atoms with van der Waals surface area (Å²) in [6.07, 6.45) is 6.75. The summed E-state index contributed by atoms with van der Waals surface area (Å²) in [4.78, 5) is 7.09. The highest BCUT2D eigenvalue weighted by Crippen LogP contribution is 2.36. The van der Waals surface area contributed by atoms with Crippen LogP contribution in [-0.4, -0.2) is 11.5 Å². The predicted molar refractivity (Wildman–Crippen MR) is 73.8 cm³/mol. The van der Waals surface area contributed by atoms with Crippen LogP contribution >= 0.6 is 11.3 Å². The highest BCUT2D eigenvalue weighted by Gasteiger charge is 2.17. The van der Waals surface area contributed by atoms with Crippen LogP contribution in [0.2, 0.25) is 0 Å². The molecule has 2 heterocycles. The zero-order chi connectivity index (χ0) is 12.4. The molecule has 0 atom stereocenters. The second-order valence-corrected chi connectivity index (χ2v) is 5.84. The van der Waals surface area contributed by atoms with Crippen LogP contribution in [0.5, 0.6) is 0 Å². The molecule has 0 unspecified atom stereocenters. The van der Waals surface area contributed by atoms with E-state index in [4.69, 9.17) is 4.42 Å². The van der Waals surface area contributed by atoms with Crippen molar-refractivity contribution >= 4 is 11.3 Å². The minimum Gasteiger partial charge on any atom is -0.438 e. The standard InChI is InChI=1S/C14H18N2OS/c1-2-6-15-9-14-16-8-11(17-14)13-7-10-4-3-5-12(10)18-13/h7-8,15H,2-6,9H2,1H3. The zero-order valence-electron chi connectivity index (χ0n) is 10.7. The molecule has 0 saturated carbocycles. The quantitative estimate of drug-likeness (QED) is 0.839. The lowest BCUT2D eigenvalue weighted by Crippen LogP contribution is -2.13. The molecule has 0 fully saturated rings. The molecule has 3 nitrogen and oxygen atoms in total. The van der Waals surface area contributed by atoms with Crippen molar-refractivity contribution in [1.29, 1.82) is 0 Å². The molecule has 1 aliphatic carbocycles. The van der Waals surface area contributed by atoms with Crippen LogP contribution in [0, 0.1) is 0 Å². The van der Waals surface area contributed by atoms with Gasteiger partial charge in [0, 0.05) is 4.88 Å². The minimum absolute atomic E-state index is 0.721. The highest BCUT2D eigenvalue weighted by atomic mass is 32.1. The Hall–Kier alpha value is -1.13. The van der Waals surface area contributed by atoms with Crippen molar-refractivity contribution in [2.75, 3.05) is 6.54 Å². The summed E-state index contributed by atoms with van der Waals surface area (Å²) < 4.78 is 5.79. The molecule has 0 spiro atoms. The SMILES string of the molecule is CCCNCc1ncc(-c2cc3c(s2)CCC3)o1. The average molecular weight is 262 g/mol. The smallest absolute Gasteiger partial charge is 0.208 e. The van der Waals surface area contributed by atoms with E-state index in [9.17, 15) is 0 Å². The molecule has 0 amide bonds. The van der Waals surface area contributed by atoms with Gasteiger partial charge >= 0.3 is 0 Å². The number of fused-ring (bicyclic) bond motifs is 1. The number of hydrogen-bond donors (Lipinski definition) is 1. The Morgan fingerprint density at radius 2 is 2.39 bits per heavy atom. The average Bonchev–Trinajstić information content (AvgIpc) is 3.02. The molecule has 3 rings (SSSR count). The Balaban J connectivity index is 1.72. The van der Waals surface area contributed by atoms with Gasteiger partial charge in [-0.2, -0.15) is 0 Å². The van der Waals surface area contributed by atoms with E-state index in [-0.39, 0.29) is 0 Å². The van der Waals surface area contributed by atoms with E-state index in [1.807, 2.05) is 17.5 Å². The summed E-state index contributed by atoms with van der Waals surface area (Å²) in [6.45, 7) is 3.88. The molecular weight excluding hydrogens is 244 g/mol. The largest absolute Gasteiger partial charge is 0.438 e. The van der Waals surface area contributed by atoms with Crippen molar-refractivity contribution in [3.63, 3.8) is 0 Å². The zero-order valence-corrected chi connectivity index (χ0v) is 11.5. The Labute approximate surface area is 111 Å². The van der Waals surface area contributed by atoms with Gasteiger partial charge in [-0.3, -0.25) is 0 Å². The second kappa shape index (κ2) is 5.24. The lowest BCUT2D eigenvalue weighted by Gasteiger charge is -1.97. The Kier molecular flexibility index (Phi) is 3.48. The normalized spacial score (nSPS) is 14.1. The summed E-state index contributed by atoms with van der Waals surface area (Å²) >= 11 is 1.86. The lowest BCUT2D eigenvalue weighted by atomic mass is 10.2. The second-order valence-electron chi connectivity index (χ2n) is 4.71. The van der Waals surface area contributed by atoms with E-state index in [0.29, 0.717) is 0 Å². The van der Waals surface area contributed by atoms with Gasteiger partial charge in [-0.1, -0.05) is 6.92 Å². The van der Waals surface area contributed by atoms with Crippen LogP contribution in [-0.2, 0) is 19.4 Å². The maximum atomic E-state index is 5.79.